The number of alkyl halides is 2. The number of amides is 1. The van der Waals surface area contributed by atoms with Crippen LogP contribution in [0.3, 0.4) is 0 Å². The van der Waals surface area contributed by atoms with Crippen molar-refractivity contribution in [3.05, 3.63) is 0 Å². The molecule has 0 aromatic carbocycles. The molecule has 1 saturated carbocycles. The van der Waals surface area contributed by atoms with Crippen molar-refractivity contribution in [2.24, 2.45) is 11.8 Å². The fourth-order valence-electron chi connectivity index (χ4n) is 2.01. The normalized spacial score (nSPS) is 33.7. The van der Waals surface area contributed by atoms with Gasteiger partial charge in [-0.25, -0.2) is 8.78 Å². The van der Waals surface area contributed by atoms with Crippen LogP contribution in [0.4, 0.5) is 8.78 Å². The number of carbonyl (C=O) groups is 1. The van der Waals surface area contributed by atoms with Gasteiger partial charge in [-0.3, -0.25) is 4.79 Å². The van der Waals surface area contributed by atoms with Gasteiger partial charge < -0.3 is 9.64 Å². The second-order valence-electron chi connectivity index (χ2n) is 4.26. The first kappa shape index (κ1) is 10.8. The van der Waals surface area contributed by atoms with Crippen molar-refractivity contribution < 1.29 is 18.3 Å². The standard InChI is InChI=1S/C10H15F2NO2/c1-3-15-7-4-13(5-7)9(14)8-6(2)10(8,11)12/h6-8H,3-5H2,1-2H3. The van der Waals surface area contributed by atoms with E-state index in [1.54, 1.807) is 0 Å². The molecule has 0 N–H and O–H groups in total. The summed E-state index contributed by atoms with van der Waals surface area (Å²) < 4.78 is 31.1. The van der Waals surface area contributed by atoms with E-state index < -0.39 is 23.7 Å². The summed E-state index contributed by atoms with van der Waals surface area (Å²) in [7, 11) is 0. The number of hydrogen-bond acceptors (Lipinski definition) is 2. The van der Waals surface area contributed by atoms with E-state index in [0.29, 0.717) is 19.7 Å². The second kappa shape index (κ2) is 3.40. The first-order valence-electron chi connectivity index (χ1n) is 5.26. The largest absolute Gasteiger partial charge is 0.375 e. The highest BCUT2D eigenvalue weighted by Gasteiger charge is 2.70. The zero-order valence-corrected chi connectivity index (χ0v) is 8.87. The van der Waals surface area contributed by atoms with Crippen LogP contribution < -0.4 is 0 Å². The van der Waals surface area contributed by atoms with E-state index in [4.69, 9.17) is 4.74 Å². The minimum absolute atomic E-state index is 0.0432. The number of likely N-dealkylation sites (tertiary alicyclic amines) is 1. The molecule has 86 valence electrons. The zero-order valence-electron chi connectivity index (χ0n) is 8.87. The van der Waals surface area contributed by atoms with Gasteiger partial charge in [0.2, 0.25) is 5.91 Å². The summed E-state index contributed by atoms with van der Waals surface area (Å²) in [5.41, 5.74) is 0. The van der Waals surface area contributed by atoms with E-state index >= 15 is 0 Å². The van der Waals surface area contributed by atoms with E-state index in [9.17, 15) is 13.6 Å². The summed E-state index contributed by atoms with van der Waals surface area (Å²) in [6.07, 6.45) is 0.0432. The van der Waals surface area contributed by atoms with Crippen LogP contribution in [0, 0.1) is 11.8 Å². The fraction of sp³-hybridized carbons (Fsp3) is 0.900. The van der Waals surface area contributed by atoms with Crippen molar-refractivity contribution in [3.63, 3.8) is 0 Å². The first-order valence-corrected chi connectivity index (χ1v) is 5.26. The predicted molar refractivity (Wildman–Crippen MR) is 49.6 cm³/mol. The van der Waals surface area contributed by atoms with Gasteiger partial charge in [0.25, 0.3) is 5.92 Å². The number of carbonyl (C=O) groups excluding carboxylic acids is 1. The van der Waals surface area contributed by atoms with Gasteiger partial charge in [0.05, 0.1) is 6.10 Å². The number of nitrogens with zero attached hydrogens (tertiary/aromatic N) is 1. The molecule has 1 heterocycles. The van der Waals surface area contributed by atoms with Crippen molar-refractivity contribution in [1.82, 2.24) is 4.90 Å². The van der Waals surface area contributed by atoms with Crippen LogP contribution in [-0.2, 0) is 9.53 Å². The van der Waals surface area contributed by atoms with Crippen molar-refractivity contribution in [2.75, 3.05) is 19.7 Å². The topological polar surface area (TPSA) is 29.5 Å². The molecule has 2 rings (SSSR count). The molecule has 0 bridgehead atoms. The lowest BCUT2D eigenvalue weighted by Crippen LogP contribution is -2.55. The minimum Gasteiger partial charge on any atom is -0.375 e. The van der Waals surface area contributed by atoms with Crippen molar-refractivity contribution in [2.45, 2.75) is 25.9 Å². The molecule has 2 atom stereocenters. The molecule has 2 unspecified atom stereocenters. The fourth-order valence-corrected chi connectivity index (χ4v) is 2.01. The smallest absolute Gasteiger partial charge is 0.263 e. The van der Waals surface area contributed by atoms with Crippen LogP contribution in [0.2, 0.25) is 0 Å². The molecule has 1 aliphatic heterocycles. The Kier molecular flexibility index (Phi) is 2.45. The third kappa shape index (κ3) is 1.62. The van der Waals surface area contributed by atoms with E-state index in [1.807, 2.05) is 6.92 Å². The SMILES string of the molecule is CCOC1CN(C(=O)C2C(C)C2(F)F)C1. The molecule has 5 heteroatoms. The maximum Gasteiger partial charge on any atom is 0.263 e. The van der Waals surface area contributed by atoms with Gasteiger partial charge in [-0.1, -0.05) is 6.92 Å². The molecule has 1 aliphatic carbocycles. The summed E-state index contributed by atoms with van der Waals surface area (Å²) in [6.45, 7) is 4.82. The van der Waals surface area contributed by atoms with Crippen molar-refractivity contribution in [3.8, 4) is 0 Å². The third-order valence-corrected chi connectivity index (χ3v) is 3.24. The van der Waals surface area contributed by atoms with Gasteiger partial charge in [0, 0.05) is 25.6 Å². The Bertz CT molecular complexity index is 277. The Morgan fingerprint density at radius 3 is 2.47 bits per heavy atom. The lowest BCUT2D eigenvalue weighted by Gasteiger charge is -2.38. The van der Waals surface area contributed by atoms with Gasteiger partial charge >= 0.3 is 0 Å². The molecule has 0 spiro atoms. The highest BCUT2D eigenvalue weighted by Crippen LogP contribution is 2.55. The number of rotatable bonds is 3. The van der Waals surface area contributed by atoms with Crippen LogP contribution in [0.15, 0.2) is 0 Å². The quantitative estimate of drug-likeness (QED) is 0.712. The first-order chi connectivity index (χ1) is 6.98. The molecule has 0 radical (unpaired) electrons. The van der Waals surface area contributed by atoms with Crippen LogP contribution >= 0.6 is 0 Å². The van der Waals surface area contributed by atoms with Crippen LogP contribution in [0.25, 0.3) is 0 Å². The summed E-state index contributed by atoms with van der Waals surface area (Å²) in [5.74, 6) is -5.08. The molecule has 2 fully saturated rings. The summed E-state index contributed by atoms with van der Waals surface area (Å²) in [5, 5.41) is 0. The van der Waals surface area contributed by atoms with E-state index in [0.717, 1.165) is 0 Å². The molecule has 3 nitrogen and oxygen atoms in total. The van der Waals surface area contributed by atoms with E-state index in [-0.39, 0.29) is 6.10 Å². The average molecular weight is 219 g/mol. The monoisotopic (exact) mass is 219 g/mol. The lowest BCUT2D eigenvalue weighted by atomic mass is 10.1. The van der Waals surface area contributed by atoms with Crippen molar-refractivity contribution in [1.29, 1.82) is 0 Å². The average Bonchev–Trinajstić information content (AvgIpc) is 2.57. The van der Waals surface area contributed by atoms with E-state index in [2.05, 4.69) is 0 Å². The molecule has 0 aromatic rings. The molecule has 1 saturated heterocycles. The Hall–Kier alpha value is -0.710. The molecular weight excluding hydrogens is 204 g/mol. The van der Waals surface area contributed by atoms with Gasteiger partial charge in [-0.2, -0.15) is 0 Å². The highest BCUT2D eigenvalue weighted by molar-refractivity contribution is 5.84. The van der Waals surface area contributed by atoms with Crippen molar-refractivity contribution >= 4 is 5.91 Å². The predicted octanol–water partition coefficient (Wildman–Crippen LogP) is 1.13. The molecule has 15 heavy (non-hydrogen) atoms. The maximum atomic E-state index is 12.9. The van der Waals surface area contributed by atoms with Crippen LogP contribution in [-0.4, -0.2) is 42.5 Å². The molecule has 0 aromatic heterocycles. The van der Waals surface area contributed by atoms with Crippen LogP contribution in [0.1, 0.15) is 13.8 Å². The Morgan fingerprint density at radius 2 is 2.07 bits per heavy atom. The van der Waals surface area contributed by atoms with Gasteiger partial charge in [0.1, 0.15) is 5.92 Å². The number of hydrogen-bond donors (Lipinski definition) is 0. The number of halogens is 2. The number of ether oxygens (including phenoxy) is 1. The van der Waals surface area contributed by atoms with Crippen LogP contribution in [0.5, 0.6) is 0 Å². The Balaban J connectivity index is 1.81. The maximum absolute atomic E-state index is 12.9. The Morgan fingerprint density at radius 1 is 1.53 bits per heavy atom. The summed E-state index contributed by atoms with van der Waals surface area (Å²) >= 11 is 0. The van der Waals surface area contributed by atoms with Gasteiger partial charge in [0.15, 0.2) is 0 Å². The molecular formula is C10H15F2NO2. The van der Waals surface area contributed by atoms with Gasteiger partial charge in [-0.15, -0.1) is 0 Å². The molecule has 1 amide bonds. The van der Waals surface area contributed by atoms with E-state index in [1.165, 1.54) is 11.8 Å². The third-order valence-electron chi connectivity index (χ3n) is 3.24. The summed E-state index contributed by atoms with van der Waals surface area (Å²) in [4.78, 5) is 13.0. The Labute approximate surface area is 87.4 Å². The minimum atomic E-state index is -2.78. The highest BCUT2D eigenvalue weighted by atomic mass is 19.3. The van der Waals surface area contributed by atoms with Gasteiger partial charge in [-0.05, 0) is 6.92 Å². The zero-order chi connectivity index (χ0) is 11.2. The second-order valence-corrected chi connectivity index (χ2v) is 4.26. The molecule has 2 aliphatic rings. The summed E-state index contributed by atoms with van der Waals surface area (Å²) in [6, 6.07) is 0. The lowest BCUT2D eigenvalue weighted by molar-refractivity contribution is -0.148.